The first-order chi connectivity index (χ1) is 14.0. The Kier molecular flexibility index (Phi) is 8.83. The van der Waals surface area contributed by atoms with Crippen LogP contribution in [0, 0.1) is 0 Å². The Morgan fingerprint density at radius 1 is 0.781 bits per heavy atom. The van der Waals surface area contributed by atoms with E-state index in [-0.39, 0.29) is 20.8 Å². The number of carbonyl (C=O) groups is 2. The normalized spacial score (nSPS) is 23.4. The Morgan fingerprint density at radius 3 is 1.56 bits per heavy atom. The summed E-state index contributed by atoms with van der Waals surface area (Å²) in [6, 6.07) is 13.8. The number of rotatable bonds is 2. The van der Waals surface area contributed by atoms with Gasteiger partial charge in [-0.25, -0.2) is 4.79 Å². The number of ether oxygens (including phenoxy) is 1. The van der Waals surface area contributed by atoms with Crippen LogP contribution in [0.1, 0.15) is 39.8 Å². The molecule has 1 amide bonds. The van der Waals surface area contributed by atoms with E-state index in [0.29, 0.717) is 21.2 Å². The third-order valence-corrected chi connectivity index (χ3v) is 5.04. The molecule has 2 atom stereocenters. The van der Waals surface area contributed by atoms with Gasteiger partial charge in [-0.05, 0) is 42.3 Å². The zero-order valence-corrected chi connectivity index (χ0v) is 17.7. The number of hydrogen-bond acceptors (Lipinski definition) is 5. The summed E-state index contributed by atoms with van der Waals surface area (Å²) in [5, 5.41) is 23.4. The van der Waals surface area contributed by atoms with Crippen molar-refractivity contribution in [2.75, 3.05) is 0 Å². The molecule has 172 valence electrons. The molecule has 0 bridgehead atoms. The summed E-state index contributed by atoms with van der Waals surface area (Å²) in [5.41, 5.74) is 1.21. The molecule has 3 N–H and O–H groups in total. The summed E-state index contributed by atoms with van der Waals surface area (Å²) in [4.78, 5) is 22.2. The largest absolute Gasteiger partial charge is 0.426 e. The molecule has 0 saturated carbocycles. The molecule has 0 saturated heterocycles. The van der Waals surface area contributed by atoms with Crippen LogP contribution in [0.3, 0.4) is 0 Å². The van der Waals surface area contributed by atoms with E-state index in [9.17, 15) is 19.8 Å². The zero-order valence-electron chi connectivity index (χ0n) is 16.1. The van der Waals surface area contributed by atoms with E-state index in [1.807, 2.05) is 0 Å². The monoisotopic (exact) mass is 479 g/mol. The van der Waals surface area contributed by atoms with Gasteiger partial charge in [0.15, 0.2) is 5.72 Å². The third-order valence-electron chi connectivity index (χ3n) is 4.54. The molecule has 32 heavy (non-hydrogen) atoms. The van der Waals surface area contributed by atoms with Gasteiger partial charge in [0.25, 0.3) is 0 Å². The van der Waals surface area contributed by atoms with Gasteiger partial charge in [0, 0.05) is 40.3 Å². The molecule has 4 rings (SSSR count). The molecule has 0 aliphatic carbocycles. The number of carbonyl (C=O) groups excluding carboxylic acids is 2. The van der Waals surface area contributed by atoms with E-state index in [1.165, 1.54) is 19.1 Å². The van der Waals surface area contributed by atoms with Gasteiger partial charge >= 0.3 is 5.97 Å². The van der Waals surface area contributed by atoms with Crippen molar-refractivity contribution in [1.29, 1.82) is 0 Å². The van der Waals surface area contributed by atoms with Crippen LogP contribution in [-0.4, -0.2) is 33.6 Å². The Morgan fingerprint density at radius 2 is 1.22 bits per heavy atom. The van der Waals surface area contributed by atoms with Crippen LogP contribution in [-0.2, 0) is 14.3 Å². The highest BCUT2D eigenvalue weighted by atomic mass is 35.5. The predicted molar refractivity (Wildman–Crippen MR) is 128 cm³/mol. The van der Waals surface area contributed by atoms with E-state index in [0.717, 1.165) is 11.1 Å². The quantitative estimate of drug-likeness (QED) is 0.536. The van der Waals surface area contributed by atoms with E-state index in [1.54, 1.807) is 55.5 Å². The van der Waals surface area contributed by atoms with Gasteiger partial charge in [0.1, 0.15) is 0 Å². The maximum Gasteiger partial charge on any atom is 0.334 e. The summed E-state index contributed by atoms with van der Waals surface area (Å²) < 4.78 is 4.74. The van der Waals surface area contributed by atoms with E-state index in [2.05, 4.69) is 5.32 Å². The smallest absolute Gasteiger partial charge is 0.334 e. The molecule has 2 aliphatic rings. The van der Waals surface area contributed by atoms with Crippen molar-refractivity contribution in [2.45, 2.75) is 40.2 Å². The Hall–Kier alpha value is -2.64. The SMILES string of the molecule is C.C.CC1(O)NC(=O)C=C1c1ccc(Cl)cc1.CC1(O)OC(=O)C=C1c1ccc(Cl)cc1. The van der Waals surface area contributed by atoms with E-state index >= 15 is 0 Å². The lowest BCUT2D eigenvalue weighted by Gasteiger charge is -2.21. The number of benzene rings is 2. The lowest BCUT2D eigenvalue weighted by molar-refractivity contribution is -0.169. The summed E-state index contributed by atoms with van der Waals surface area (Å²) in [6.45, 7) is 2.97. The average Bonchev–Trinajstić information content (AvgIpc) is 3.09. The minimum absolute atomic E-state index is 0. The van der Waals surface area contributed by atoms with Crippen LogP contribution < -0.4 is 5.32 Å². The van der Waals surface area contributed by atoms with Gasteiger partial charge < -0.3 is 20.3 Å². The second-order valence-corrected chi connectivity index (χ2v) is 7.97. The van der Waals surface area contributed by atoms with E-state index in [4.69, 9.17) is 27.9 Å². The number of amides is 1. The van der Waals surface area contributed by atoms with Gasteiger partial charge in [-0.15, -0.1) is 0 Å². The molecule has 0 fully saturated rings. The van der Waals surface area contributed by atoms with Gasteiger partial charge in [-0.2, -0.15) is 0 Å². The number of halogens is 2. The molecular weight excluding hydrogens is 453 g/mol. The lowest BCUT2D eigenvalue weighted by atomic mass is 9.99. The van der Waals surface area contributed by atoms with Crippen LogP contribution in [0.25, 0.3) is 11.1 Å². The predicted octanol–water partition coefficient (Wildman–Crippen LogP) is 4.82. The van der Waals surface area contributed by atoms with Crippen LogP contribution in [0.4, 0.5) is 0 Å². The fourth-order valence-corrected chi connectivity index (χ4v) is 3.37. The maximum absolute atomic E-state index is 11.1. The summed E-state index contributed by atoms with van der Waals surface area (Å²) in [7, 11) is 0. The van der Waals surface area contributed by atoms with Gasteiger partial charge in [0.05, 0.1) is 0 Å². The second kappa shape index (κ2) is 10.3. The highest BCUT2D eigenvalue weighted by Gasteiger charge is 2.37. The summed E-state index contributed by atoms with van der Waals surface area (Å²) in [5.74, 6) is -2.37. The molecule has 2 aromatic rings. The number of nitrogens with one attached hydrogen (secondary N) is 1. The number of cyclic esters (lactones) is 1. The average molecular weight is 480 g/mol. The minimum atomic E-state index is -1.55. The molecule has 2 unspecified atom stereocenters. The van der Waals surface area contributed by atoms with E-state index < -0.39 is 17.5 Å². The summed E-state index contributed by atoms with van der Waals surface area (Å²) >= 11 is 11.5. The molecule has 0 aromatic heterocycles. The molecule has 2 aliphatic heterocycles. The van der Waals surface area contributed by atoms with Crippen LogP contribution in [0.2, 0.25) is 10.0 Å². The summed E-state index contributed by atoms with van der Waals surface area (Å²) in [6.07, 6.45) is 2.67. The van der Waals surface area contributed by atoms with Crippen LogP contribution >= 0.6 is 23.2 Å². The fraction of sp³-hybridized carbons (Fsp3) is 0.250. The van der Waals surface area contributed by atoms with Crippen LogP contribution in [0.5, 0.6) is 0 Å². The Labute approximate surface area is 198 Å². The maximum atomic E-state index is 11.1. The number of hydrogen-bond donors (Lipinski definition) is 3. The minimum Gasteiger partial charge on any atom is -0.426 e. The van der Waals surface area contributed by atoms with Crippen molar-refractivity contribution < 1.29 is 24.5 Å². The first-order valence-electron chi connectivity index (χ1n) is 8.94. The number of esters is 1. The Bertz CT molecular complexity index is 954. The highest BCUT2D eigenvalue weighted by Crippen LogP contribution is 2.33. The number of aliphatic hydroxyl groups is 2. The first-order valence-corrected chi connectivity index (χ1v) is 9.70. The second-order valence-electron chi connectivity index (χ2n) is 7.10. The van der Waals surface area contributed by atoms with Crippen molar-refractivity contribution in [3.8, 4) is 0 Å². The molecule has 2 heterocycles. The molecule has 0 radical (unpaired) electrons. The standard InChI is InChI=1S/C11H10ClNO2.C11H9ClO3.2CH4/c1-11(15)9(6-10(14)13-11)7-2-4-8(12)5-3-7;1-11(14)9(6-10(13)15-11)7-2-4-8(12)5-3-7;;/h2-6,15H,1H3,(H,13,14);2-6,14H,1H3;2*1H4. The first kappa shape index (κ1) is 27.4. The molecule has 8 heteroatoms. The molecule has 2 aromatic carbocycles. The van der Waals surface area contributed by atoms with Crippen molar-refractivity contribution in [3.05, 3.63) is 81.9 Å². The van der Waals surface area contributed by atoms with Gasteiger partial charge in [0.2, 0.25) is 11.7 Å². The molecule has 0 spiro atoms. The zero-order chi connectivity index (χ0) is 22.1. The van der Waals surface area contributed by atoms with Gasteiger partial charge in [-0.1, -0.05) is 62.3 Å². The third kappa shape index (κ3) is 6.20. The van der Waals surface area contributed by atoms with Crippen LogP contribution in [0.15, 0.2) is 60.7 Å². The fourth-order valence-electron chi connectivity index (χ4n) is 3.12. The van der Waals surface area contributed by atoms with Crippen molar-refractivity contribution in [2.24, 2.45) is 0 Å². The highest BCUT2D eigenvalue weighted by molar-refractivity contribution is 6.30. The molecular formula is C24H27Cl2NO5. The van der Waals surface area contributed by atoms with Gasteiger partial charge in [-0.3, -0.25) is 4.79 Å². The van der Waals surface area contributed by atoms with Crippen molar-refractivity contribution in [1.82, 2.24) is 5.32 Å². The van der Waals surface area contributed by atoms with Crippen molar-refractivity contribution in [3.63, 3.8) is 0 Å². The Balaban J connectivity index is 0.000000301. The topological polar surface area (TPSA) is 95.9 Å². The molecule has 6 nitrogen and oxygen atoms in total. The van der Waals surface area contributed by atoms with Crippen molar-refractivity contribution >= 4 is 46.2 Å². The lowest BCUT2D eigenvalue weighted by Crippen LogP contribution is -2.40.